The van der Waals surface area contributed by atoms with Crippen molar-refractivity contribution in [3.63, 3.8) is 0 Å². The molecule has 1 aromatic rings. The second-order valence-electron chi connectivity index (χ2n) is 6.27. The Labute approximate surface area is 182 Å². The number of esters is 1. The molecule has 8 nitrogen and oxygen atoms in total. The van der Waals surface area contributed by atoms with Crippen molar-refractivity contribution in [3.8, 4) is 0 Å². The van der Waals surface area contributed by atoms with Gasteiger partial charge in [-0.05, 0) is 22.4 Å². The van der Waals surface area contributed by atoms with Crippen LogP contribution in [0.2, 0.25) is 0 Å². The Morgan fingerprint density at radius 1 is 1.46 bits per heavy atom. The van der Waals surface area contributed by atoms with Crippen molar-refractivity contribution >= 4 is 69.4 Å². The number of hydrogen-bond donors (Lipinski definition) is 2. The average Bonchev–Trinajstić information content (AvgIpc) is 3.15. The molecule has 0 bridgehead atoms. The van der Waals surface area contributed by atoms with Crippen LogP contribution in [0, 0.1) is 0 Å². The number of amides is 2. The summed E-state index contributed by atoms with van der Waals surface area (Å²) in [6.45, 7) is 2.01. The van der Waals surface area contributed by atoms with Gasteiger partial charge in [0, 0.05) is 9.68 Å². The lowest BCUT2D eigenvalue weighted by Crippen LogP contribution is -2.70. The fourth-order valence-electron chi connectivity index (χ4n) is 2.86. The van der Waals surface area contributed by atoms with Crippen LogP contribution < -0.4 is 5.32 Å². The molecule has 2 unspecified atom stereocenters. The lowest BCUT2D eigenvalue weighted by molar-refractivity contribution is -0.151. The molecule has 2 aliphatic heterocycles. The van der Waals surface area contributed by atoms with E-state index in [4.69, 9.17) is 4.74 Å². The van der Waals surface area contributed by atoms with Crippen molar-refractivity contribution in [1.29, 1.82) is 0 Å². The van der Waals surface area contributed by atoms with Gasteiger partial charge in [0.25, 0.3) is 5.91 Å². The zero-order valence-electron chi connectivity index (χ0n) is 14.7. The van der Waals surface area contributed by atoms with E-state index in [0.717, 1.165) is 10.5 Å². The van der Waals surface area contributed by atoms with E-state index < -0.39 is 29.3 Å². The van der Waals surface area contributed by atoms with E-state index in [1.807, 2.05) is 23.8 Å². The SMILES string of the molecule is CC(I)COC(=O)C1=C(C(=O)O)N2C(=O)C(NC(=O)Cc3ccsc3)[C@H]2SC1. The van der Waals surface area contributed by atoms with Crippen molar-refractivity contribution in [1.82, 2.24) is 10.2 Å². The minimum absolute atomic E-state index is 0.0396. The number of halogens is 1. The fraction of sp³-hybridized carbons (Fsp3) is 0.412. The van der Waals surface area contributed by atoms with Gasteiger partial charge in [0.15, 0.2) is 0 Å². The van der Waals surface area contributed by atoms with E-state index in [1.165, 1.54) is 23.1 Å². The van der Waals surface area contributed by atoms with E-state index in [1.54, 1.807) is 0 Å². The van der Waals surface area contributed by atoms with Crippen LogP contribution in [0.15, 0.2) is 28.1 Å². The Morgan fingerprint density at radius 2 is 2.21 bits per heavy atom. The molecule has 3 atom stereocenters. The lowest BCUT2D eigenvalue weighted by atomic mass is 10.0. The van der Waals surface area contributed by atoms with Gasteiger partial charge in [-0.15, -0.1) is 11.8 Å². The number of nitrogens with one attached hydrogen (secondary N) is 1. The number of ether oxygens (including phenoxy) is 1. The smallest absolute Gasteiger partial charge is 0.353 e. The molecule has 3 rings (SSSR count). The van der Waals surface area contributed by atoms with Crippen molar-refractivity contribution in [2.24, 2.45) is 0 Å². The highest BCUT2D eigenvalue weighted by molar-refractivity contribution is 14.1. The quantitative estimate of drug-likeness (QED) is 0.235. The predicted octanol–water partition coefficient (Wildman–Crippen LogP) is 1.40. The zero-order chi connectivity index (χ0) is 20.4. The minimum Gasteiger partial charge on any atom is -0.477 e. The summed E-state index contributed by atoms with van der Waals surface area (Å²) in [7, 11) is 0. The Hall–Kier alpha value is -1.60. The van der Waals surface area contributed by atoms with E-state index in [-0.39, 0.29) is 39.9 Å². The first-order valence-corrected chi connectivity index (χ1v) is 11.6. The monoisotopic (exact) mass is 536 g/mol. The van der Waals surface area contributed by atoms with Gasteiger partial charge >= 0.3 is 11.9 Å². The maximum atomic E-state index is 12.5. The second-order valence-corrected chi connectivity index (χ2v) is 10.3. The van der Waals surface area contributed by atoms with Crippen LogP contribution in [0.3, 0.4) is 0 Å². The summed E-state index contributed by atoms with van der Waals surface area (Å²) in [5.74, 6) is -2.85. The lowest BCUT2D eigenvalue weighted by Gasteiger charge is -2.49. The number of carboxylic acids is 1. The first-order valence-electron chi connectivity index (χ1n) is 8.32. The van der Waals surface area contributed by atoms with Crippen LogP contribution in [-0.2, 0) is 30.3 Å². The molecular formula is C17H17IN2O6S2. The molecule has 0 radical (unpaired) electrons. The molecule has 0 saturated carbocycles. The number of nitrogens with zero attached hydrogens (tertiary/aromatic N) is 1. The first-order chi connectivity index (χ1) is 13.3. The summed E-state index contributed by atoms with van der Waals surface area (Å²) in [6.07, 6.45) is 0.151. The normalized spacial score (nSPS) is 22.2. The summed E-state index contributed by atoms with van der Waals surface area (Å²) in [6, 6.07) is 1.02. The summed E-state index contributed by atoms with van der Waals surface area (Å²) >= 11 is 4.80. The van der Waals surface area contributed by atoms with E-state index >= 15 is 0 Å². The van der Waals surface area contributed by atoms with Gasteiger partial charge < -0.3 is 15.2 Å². The van der Waals surface area contributed by atoms with Gasteiger partial charge in [-0.2, -0.15) is 11.3 Å². The van der Waals surface area contributed by atoms with Crippen molar-refractivity contribution in [2.75, 3.05) is 12.4 Å². The van der Waals surface area contributed by atoms with Crippen molar-refractivity contribution < 1.29 is 29.0 Å². The van der Waals surface area contributed by atoms with Gasteiger partial charge in [0.1, 0.15) is 23.7 Å². The topological polar surface area (TPSA) is 113 Å². The number of aliphatic carboxylic acids is 1. The Morgan fingerprint density at radius 3 is 2.82 bits per heavy atom. The molecular weight excluding hydrogens is 519 g/mol. The Bertz CT molecular complexity index is 839. The third kappa shape index (κ3) is 4.35. The molecule has 28 heavy (non-hydrogen) atoms. The van der Waals surface area contributed by atoms with E-state index in [9.17, 15) is 24.3 Å². The predicted molar refractivity (Wildman–Crippen MR) is 112 cm³/mol. The largest absolute Gasteiger partial charge is 0.477 e. The van der Waals surface area contributed by atoms with E-state index in [0.29, 0.717) is 0 Å². The molecule has 1 fully saturated rings. The number of β-lactam (4-membered cyclic amide) rings is 1. The Kier molecular flexibility index (Phi) is 6.65. The molecule has 1 saturated heterocycles. The summed E-state index contributed by atoms with van der Waals surface area (Å²) in [5.41, 5.74) is 0.452. The van der Waals surface area contributed by atoms with Gasteiger partial charge in [-0.25, -0.2) is 9.59 Å². The molecule has 0 aromatic carbocycles. The molecule has 11 heteroatoms. The van der Waals surface area contributed by atoms with Crippen LogP contribution in [-0.4, -0.2) is 61.5 Å². The van der Waals surface area contributed by atoms with Crippen LogP contribution >= 0.6 is 45.7 Å². The maximum Gasteiger partial charge on any atom is 0.353 e. The molecule has 0 spiro atoms. The number of fused-ring (bicyclic) bond motifs is 1. The van der Waals surface area contributed by atoms with E-state index in [2.05, 4.69) is 27.9 Å². The minimum atomic E-state index is -1.36. The fourth-order valence-corrected chi connectivity index (χ4v) is 5.03. The number of carbonyl (C=O) groups excluding carboxylic acids is 3. The number of thiophene rings is 1. The van der Waals surface area contributed by atoms with Crippen molar-refractivity contribution in [2.45, 2.75) is 28.7 Å². The number of thioether (sulfide) groups is 1. The molecule has 3 heterocycles. The summed E-state index contributed by atoms with van der Waals surface area (Å²) in [4.78, 5) is 49.8. The van der Waals surface area contributed by atoms with Gasteiger partial charge in [0.05, 0.1) is 12.0 Å². The standard InChI is InChI=1S/C17H17IN2O6S2/c1-8(18)5-26-17(25)10-7-28-15-12(14(22)20(15)13(10)16(23)24)19-11(21)4-9-2-3-27-6-9/h2-3,6,8,12,15H,4-5,7H2,1H3,(H,19,21)(H,23,24)/t8?,12?,15-/m1/s1. The third-order valence-corrected chi connectivity index (χ3v) is 6.49. The number of carbonyl (C=O) groups is 4. The average molecular weight is 536 g/mol. The third-order valence-electron chi connectivity index (χ3n) is 4.12. The molecule has 2 aliphatic rings. The van der Waals surface area contributed by atoms with Gasteiger partial charge in [0.2, 0.25) is 5.91 Å². The molecule has 2 N–H and O–H groups in total. The second kappa shape index (κ2) is 8.82. The van der Waals surface area contributed by atoms with Crippen LogP contribution in [0.4, 0.5) is 0 Å². The molecule has 0 aliphatic carbocycles. The molecule has 1 aromatic heterocycles. The zero-order valence-corrected chi connectivity index (χ0v) is 18.5. The van der Waals surface area contributed by atoms with Crippen molar-refractivity contribution in [3.05, 3.63) is 33.7 Å². The highest BCUT2D eigenvalue weighted by Crippen LogP contribution is 2.40. The summed E-state index contributed by atoms with van der Waals surface area (Å²) < 4.78 is 5.21. The highest BCUT2D eigenvalue weighted by atomic mass is 127. The van der Waals surface area contributed by atoms with Gasteiger partial charge in [-0.1, -0.05) is 29.5 Å². The molecule has 2 amide bonds. The van der Waals surface area contributed by atoms with Crippen LogP contribution in [0.25, 0.3) is 0 Å². The number of hydrogen-bond acceptors (Lipinski definition) is 7. The van der Waals surface area contributed by atoms with Crippen LogP contribution in [0.5, 0.6) is 0 Å². The summed E-state index contributed by atoms with van der Waals surface area (Å²) in [5, 5.41) is 15.4. The number of rotatable bonds is 7. The molecule has 150 valence electrons. The van der Waals surface area contributed by atoms with Gasteiger partial charge in [-0.3, -0.25) is 14.5 Å². The Balaban J connectivity index is 1.71. The first kappa shape index (κ1) is 21.1. The number of carboxylic acid groups (broad SMARTS) is 1. The maximum absolute atomic E-state index is 12.5. The highest BCUT2D eigenvalue weighted by Gasteiger charge is 2.55. The number of alkyl halides is 1. The van der Waals surface area contributed by atoms with Crippen LogP contribution in [0.1, 0.15) is 12.5 Å².